The maximum absolute atomic E-state index is 4.88. The highest BCUT2D eigenvalue weighted by atomic mass is 15.2. The average molecular weight is 386 g/mol. The Morgan fingerprint density at radius 3 is 2.72 bits per heavy atom. The lowest BCUT2D eigenvalue weighted by molar-refractivity contribution is 0.195. The zero-order valence-corrected chi connectivity index (χ0v) is 17.1. The van der Waals surface area contributed by atoms with Crippen LogP contribution in [0.3, 0.4) is 0 Å². The van der Waals surface area contributed by atoms with Crippen molar-refractivity contribution in [3.8, 4) is 0 Å². The fourth-order valence-corrected chi connectivity index (χ4v) is 4.57. The largest absolute Gasteiger partial charge is 0.331 e. The highest BCUT2D eigenvalue weighted by Crippen LogP contribution is 2.40. The van der Waals surface area contributed by atoms with E-state index in [0.717, 1.165) is 44.2 Å². The van der Waals surface area contributed by atoms with Crippen LogP contribution in [0.4, 0.5) is 0 Å². The quantitative estimate of drug-likeness (QED) is 0.750. The molecule has 1 fully saturated rings. The van der Waals surface area contributed by atoms with Crippen LogP contribution in [-0.2, 0) is 6.54 Å². The van der Waals surface area contributed by atoms with Gasteiger partial charge in [0.2, 0.25) is 0 Å². The number of nitrogens with one attached hydrogen (secondary N) is 1. The fourth-order valence-electron chi connectivity index (χ4n) is 4.57. The Hall–Kier alpha value is -2.76. The lowest BCUT2D eigenvalue weighted by atomic mass is 9.92. The van der Waals surface area contributed by atoms with Gasteiger partial charge in [0.25, 0.3) is 0 Å². The third-order valence-corrected chi connectivity index (χ3v) is 6.09. The van der Waals surface area contributed by atoms with Gasteiger partial charge in [-0.15, -0.1) is 0 Å². The molecule has 1 atom stereocenters. The third kappa shape index (κ3) is 3.41. The second-order valence-corrected chi connectivity index (χ2v) is 8.03. The van der Waals surface area contributed by atoms with Gasteiger partial charge in [0.05, 0.1) is 11.7 Å². The number of pyridine rings is 1. The fraction of sp³-hybridized carbons (Fsp3) is 0.333. The van der Waals surface area contributed by atoms with Crippen LogP contribution in [0.2, 0.25) is 0 Å². The molecule has 0 saturated carbocycles. The Labute approximate surface area is 172 Å². The predicted molar refractivity (Wildman–Crippen MR) is 117 cm³/mol. The van der Waals surface area contributed by atoms with Gasteiger partial charge >= 0.3 is 0 Å². The second-order valence-electron chi connectivity index (χ2n) is 8.03. The first-order valence-corrected chi connectivity index (χ1v) is 10.4. The Morgan fingerprint density at radius 2 is 1.93 bits per heavy atom. The molecular weight excluding hydrogens is 358 g/mol. The van der Waals surface area contributed by atoms with Crippen molar-refractivity contribution in [2.75, 3.05) is 26.2 Å². The predicted octanol–water partition coefficient (Wildman–Crippen LogP) is 3.44. The summed E-state index contributed by atoms with van der Waals surface area (Å²) in [5.41, 5.74) is 7.68. The standard InChI is InChI=1S/C24H27N5/c1-17-5-6-21-22(14-17)20(16-29-13-10-26-18(29)2)15-19-4-3-7-27-23(19)24(21)28-11-8-25-9-12-28/h3-7,10,13-15,24-25H,8-9,11-12,16H2,1-2H3. The topological polar surface area (TPSA) is 46.0 Å². The molecule has 0 bridgehead atoms. The number of imidazole rings is 1. The highest BCUT2D eigenvalue weighted by Gasteiger charge is 2.31. The summed E-state index contributed by atoms with van der Waals surface area (Å²) in [6, 6.07) is 11.3. The first-order valence-electron chi connectivity index (χ1n) is 10.4. The van der Waals surface area contributed by atoms with Crippen molar-refractivity contribution in [2.45, 2.75) is 26.4 Å². The van der Waals surface area contributed by atoms with Gasteiger partial charge < -0.3 is 9.88 Å². The summed E-state index contributed by atoms with van der Waals surface area (Å²) >= 11 is 0. The molecule has 148 valence electrons. The number of hydrogen-bond acceptors (Lipinski definition) is 4. The van der Waals surface area contributed by atoms with E-state index in [4.69, 9.17) is 4.98 Å². The van der Waals surface area contributed by atoms with E-state index in [1.165, 1.54) is 27.8 Å². The molecule has 3 heterocycles. The molecule has 1 saturated heterocycles. The van der Waals surface area contributed by atoms with Crippen molar-refractivity contribution >= 4 is 11.6 Å². The Morgan fingerprint density at radius 1 is 1.07 bits per heavy atom. The number of aryl methyl sites for hydroxylation is 2. The average Bonchev–Trinajstić information content (AvgIpc) is 3.09. The van der Waals surface area contributed by atoms with Crippen molar-refractivity contribution in [2.24, 2.45) is 0 Å². The highest BCUT2D eigenvalue weighted by molar-refractivity contribution is 5.86. The molecule has 0 spiro atoms. The van der Waals surface area contributed by atoms with Crippen LogP contribution in [-0.4, -0.2) is 45.6 Å². The van der Waals surface area contributed by atoms with E-state index in [-0.39, 0.29) is 6.04 Å². The van der Waals surface area contributed by atoms with Gasteiger partial charge in [-0.05, 0) is 48.3 Å². The first-order chi connectivity index (χ1) is 14.2. The number of rotatable bonds is 3. The van der Waals surface area contributed by atoms with Crippen LogP contribution in [0.25, 0.3) is 11.6 Å². The summed E-state index contributed by atoms with van der Waals surface area (Å²) in [7, 11) is 0. The molecule has 3 aromatic rings. The summed E-state index contributed by atoms with van der Waals surface area (Å²) in [6.45, 7) is 9.16. The lowest BCUT2D eigenvalue weighted by Gasteiger charge is -2.36. The van der Waals surface area contributed by atoms with Gasteiger partial charge in [-0.1, -0.05) is 29.8 Å². The minimum absolute atomic E-state index is 0.182. The van der Waals surface area contributed by atoms with E-state index >= 15 is 0 Å². The van der Waals surface area contributed by atoms with Gasteiger partial charge in [0.1, 0.15) is 5.82 Å². The summed E-state index contributed by atoms with van der Waals surface area (Å²) in [5.74, 6) is 1.04. The van der Waals surface area contributed by atoms with E-state index in [9.17, 15) is 0 Å². The van der Waals surface area contributed by atoms with Crippen molar-refractivity contribution < 1.29 is 0 Å². The van der Waals surface area contributed by atoms with Gasteiger partial charge in [-0.25, -0.2) is 4.98 Å². The van der Waals surface area contributed by atoms with E-state index in [1.54, 1.807) is 0 Å². The lowest BCUT2D eigenvalue weighted by Crippen LogP contribution is -2.45. The monoisotopic (exact) mass is 385 g/mol. The molecule has 29 heavy (non-hydrogen) atoms. The van der Waals surface area contributed by atoms with E-state index in [2.05, 4.69) is 70.2 Å². The Kier molecular flexibility index (Phi) is 4.78. The van der Waals surface area contributed by atoms with Crippen molar-refractivity contribution in [3.63, 3.8) is 0 Å². The molecule has 1 N–H and O–H groups in total. The second kappa shape index (κ2) is 7.58. The van der Waals surface area contributed by atoms with Gasteiger partial charge in [0, 0.05) is 51.3 Å². The molecule has 5 rings (SSSR count). The van der Waals surface area contributed by atoms with Crippen LogP contribution in [0.1, 0.15) is 39.8 Å². The molecular formula is C24H27N5. The first kappa shape index (κ1) is 18.3. The SMILES string of the molecule is Cc1ccc2c(c1)C(Cn1ccnc1C)=Cc1cccnc1C2N1CCNCC1. The van der Waals surface area contributed by atoms with Gasteiger partial charge in [0.15, 0.2) is 0 Å². The minimum Gasteiger partial charge on any atom is -0.331 e. The molecule has 5 heteroatoms. The number of nitrogens with zero attached hydrogens (tertiary/aromatic N) is 4. The number of benzene rings is 1. The van der Waals surface area contributed by atoms with Crippen LogP contribution < -0.4 is 5.32 Å². The zero-order valence-electron chi connectivity index (χ0n) is 17.1. The van der Waals surface area contributed by atoms with Crippen molar-refractivity contribution in [3.05, 3.63) is 82.7 Å². The summed E-state index contributed by atoms with van der Waals surface area (Å²) in [4.78, 5) is 11.9. The number of allylic oxidation sites excluding steroid dienone is 1. The van der Waals surface area contributed by atoms with Crippen LogP contribution >= 0.6 is 0 Å². The normalized spacial score (nSPS) is 19.2. The van der Waals surface area contributed by atoms with Crippen LogP contribution in [0.5, 0.6) is 0 Å². The number of hydrogen-bond donors (Lipinski definition) is 1. The maximum Gasteiger partial charge on any atom is 0.105 e. The molecule has 2 aliphatic rings. The maximum atomic E-state index is 4.88. The van der Waals surface area contributed by atoms with E-state index < -0.39 is 0 Å². The van der Waals surface area contributed by atoms with Crippen molar-refractivity contribution in [1.29, 1.82) is 0 Å². The summed E-state index contributed by atoms with van der Waals surface area (Å²) in [5, 5.41) is 3.49. The smallest absolute Gasteiger partial charge is 0.105 e. The molecule has 1 unspecified atom stereocenters. The summed E-state index contributed by atoms with van der Waals surface area (Å²) in [6.07, 6.45) is 8.21. The molecule has 5 nitrogen and oxygen atoms in total. The molecule has 0 amide bonds. The number of aromatic nitrogens is 3. The van der Waals surface area contributed by atoms with Gasteiger partial charge in [-0.3, -0.25) is 9.88 Å². The van der Waals surface area contributed by atoms with Crippen LogP contribution in [0.15, 0.2) is 48.9 Å². The summed E-state index contributed by atoms with van der Waals surface area (Å²) < 4.78 is 2.22. The molecule has 2 aromatic heterocycles. The molecule has 0 radical (unpaired) electrons. The minimum atomic E-state index is 0.182. The van der Waals surface area contributed by atoms with E-state index in [0.29, 0.717) is 0 Å². The Bertz CT molecular complexity index is 1060. The van der Waals surface area contributed by atoms with Crippen molar-refractivity contribution in [1.82, 2.24) is 24.8 Å². The molecule has 1 aliphatic heterocycles. The third-order valence-electron chi connectivity index (χ3n) is 6.09. The molecule has 1 aromatic carbocycles. The van der Waals surface area contributed by atoms with Gasteiger partial charge in [-0.2, -0.15) is 0 Å². The Balaban J connectivity index is 1.70. The van der Waals surface area contributed by atoms with Crippen LogP contribution in [0, 0.1) is 13.8 Å². The number of piperazine rings is 1. The molecule has 1 aliphatic carbocycles. The zero-order chi connectivity index (χ0) is 19.8. The van der Waals surface area contributed by atoms with E-state index in [1.807, 2.05) is 18.5 Å². The number of fused-ring (bicyclic) bond motifs is 2.